The first kappa shape index (κ1) is 14.2. The largest absolute Gasteiger partial charge is 0.378 e. The number of rotatable bonds is 4. The van der Waals surface area contributed by atoms with Crippen molar-refractivity contribution in [3.05, 3.63) is 59.1 Å². The van der Waals surface area contributed by atoms with Crippen molar-refractivity contribution >= 4 is 29.0 Å². The SMILES string of the molecule is CC(Nc1cccc(NC(N)=O)c1)c1ccccc1Cl. The lowest BCUT2D eigenvalue weighted by atomic mass is 10.1. The third-order valence-corrected chi connectivity index (χ3v) is 3.23. The molecule has 0 spiro atoms. The zero-order valence-electron chi connectivity index (χ0n) is 11.1. The van der Waals surface area contributed by atoms with Crippen molar-refractivity contribution in [2.24, 2.45) is 5.73 Å². The van der Waals surface area contributed by atoms with E-state index in [2.05, 4.69) is 10.6 Å². The number of hydrogen-bond donors (Lipinski definition) is 3. The van der Waals surface area contributed by atoms with Crippen molar-refractivity contribution in [2.75, 3.05) is 10.6 Å². The molecule has 2 rings (SSSR count). The molecule has 1 unspecified atom stereocenters. The Morgan fingerprint density at radius 1 is 1.15 bits per heavy atom. The summed E-state index contributed by atoms with van der Waals surface area (Å²) in [6.45, 7) is 2.02. The number of carbonyl (C=O) groups excluding carboxylic acids is 1. The Bertz CT molecular complexity index is 616. The summed E-state index contributed by atoms with van der Waals surface area (Å²) in [5, 5.41) is 6.60. The molecule has 5 heteroatoms. The number of halogens is 1. The summed E-state index contributed by atoms with van der Waals surface area (Å²) in [4.78, 5) is 10.8. The quantitative estimate of drug-likeness (QED) is 0.796. The van der Waals surface area contributed by atoms with Crippen molar-refractivity contribution in [3.8, 4) is 0 Å². The zero-order valence-corrected chi connectivity index (χ0v) is 11.8. The fraction of sp³-hybridized carbons (Fsp3) is 0.133. The van der Waals surface area contributed by atoms with Crippen LogP contribution in [0.4, 0.5) is 16.2 Å². The Morgan fingerprint density at radius 3 is 2.55 bits per heavy atom. The van der Waals surface area contributed by atoms with Crippen LogP contribution in [0.3, 0.4) is 0 Å². The van der Waals surface area contributed by atoms with Gasteiger partial charge in [0, 0.05) is 22.4 Å². The highest BCUT2D eigenvalue weighted by Crippen LogP contribution is 2.26. The van der Waals surface area contributed by atoms with Crippen molar-refractivity contribution < 1.29 is 4.79 Å². The Morgan fingerprint density at radius 2 is 1.85 bits per heavy atom. The van der Waals surface area contributed by atoms with E-state index in [4.69, 9.17) is 17.3 Å². The maximum atomic E-state index is 10.8. The second kappa shape index (κ2) is 6.30. The average Bonchev–Trinajstić information content (AvgIpc) is 2.38. The van der Waals surface area contributed by atoms with Crippen LogP contribution in [-0.4, -0.2) is 6.03 Å². The van der Waals surface area contributed by atoms with E-state index in [0.717, 1.165) is 16.3 Å². The molecule has 0 saturated carbocycles. The molecule has 4 nitrogen and oxygen atoms in total. The zero-order chi connectivity index (χ0) is 14.5. The molecule has 20 heavy (non-hydrogen) atoms. The van der Waals surface area contributed by atoms with E-state index >= 15 is 0 Å². The van der Waals surface area contributed by atoms with Crippen molar-refractivity contribution in [2.45, 2.75) is 13.0 Å². The number of hydrogen-bond acceptors (Lipinski definition) is 2. The first-order valence-electron chi connectivity index (χ1n) is 6.24. The standard InChI is InChI=1S/C15H16ClN3O/c1-10(13-7-2-3-8-14(13)16)18-11-5-4-6-12(9-11)19-15(17)20/h2-10,18H,1H3,(H3,17,19,20). The van der Waals surface area contributed by atoms with Gasteiger partial charge in [-0.3, -0.25) is 0 Å². The van der Waals surface area contributed by atoms with Gasteiger partial charge in [0.25, 0.3) is 0 Å². The van der Waals surface area contributed by atoms with Gasteiger partial charge in [-0.1, -0.05) is 35.9 Å². The highest BCUT2D eigenvalue weighted by molar-refractivity contribution is 6.31. The number of urea groups is 1. The van der Waals surface area contributed by atoms with Crippen molar-refractivity contribution in [1.29, 1.82) is 0 Å². The lowest BCUT2D eigenvalue weighted by Crippen LogP contribution is -2.19. The molecule has 2 amide bonds. The summed E-state index contributed by atoms with van der Waals surface area (Å²) in [6.07, 6.45) is 0. The molecule has 0 fully saturated rings. The highest BCUT2D eigenvalue weighted by atomic mass is 35.5. The summed E-state index contributed by atoms with van der Waals surface area (Å²) >= 11 is 6.17. The third-order valence-electron chi connectivity index (χ3n) is 2.89. The topological polar surface area (TPSA) is 67.2 Å². The van der Waals surface area contributed by atoms with E-state index in [1.165, 1.54) is 0 Å². The smallest absolute Gasteiger partial charge is 0.316 e. The van der Waals surface area contributed by atoms with Gasteiger partial charge in [-0.15, -0.1) is 0 Å². The molecule has 2 aromatic rings. The van der Waals surface area contributed by atoms with Crippen LogP contribution in [-0.2, 0) is 0 Å². The van der Waals surface area contributed by atoms with E-state index in [-0.39, 0.29) is 6.04 Å². The number of benzene rings is 2. The van der Waals surface area contributed by atoms with Crippen LogP contribution in [0.5, 0.6) is 0 Å². The monoisotopic (exact) mass is 289 g/mol. The fourth-order valence-electron chi connectivity index (χ4n) is 1.98. The molecule has 0 saturated heterocycles. The maximum absolute atomic E-state index is 10.8. The number of nitrogens with one attached hydrogen (secondary N) is 2. The van der Waals surface area contributed by atoms with E-state index in [0.29, 0.717) is 5.69 Å². The van der Waals surface area contributed by atoms with Gasteiger partial charge in [0.2, 0.25) is 0 Å². The molecule has 0 aliphatic heterocycles. The first-order chi connectivity index (χ1) is 9.56. The molecule has 0 heterocycles. The van der Waals surface area contributed by atoms with E-state index in [1.807, 2.05) is 49.4 Å². The maximum Gasteiger partial charge on any atom is 0.316 e. The second-order valence-corrected chi connectivity index (χ2v) is 4.86. The van der Waals surface area contributed by atoms with Gasteiger partial charge >= 0.3 is 6.03 Å². The lowest BCUT2D eigenvalue weighted by Gasteiger charge is -2.17. The van der Waals surface area contributed by atoms with Crippen LogP contribution in [0.25, 0.3) is 0 Å². The lowest BCUT2D eigenvalue weighted by molar-refractivity contribution is 0.259. The summed E-state index contributed by atoms with van der Waals surface area (Å²) < 4.78 is 0. The normalized spacial score (nSPS) is 11.7. The number of carbonyl (C=O) groups is 1. The summed E-state index contributed by atoms with van der Waals surface area (Å²) in [6, 6.07) is 14.5. The first-order valence-corrected chi connectivity index (χ1v) is 6.61. The number of nitrogens with two attached hydrogens (primary N) is 1. The molecule has 1 atom stereocenters. The Hall–Kier alpha value is -2.20. The van der Waals surface area contributed by atoms with E-state index in [1.54, 1.807) is 6.07 Å². The summed E-state index contributed by atoms with van der Waals surface area (Å²) in [5.74, 6) is 0. The predicted octanol–water partition coefficient (Wildman–Crippen LogP) is 4.00. The minimum atomic E-state index is -0.582. The Labute approximate surface area is 122 Å². The molecule has 0 aliphatic carbocycles. The van der Waals surface area contributed by atoms with Gasteiger partial charge < -0.3 is 16.4 Å². The molecular weight excluding hydrogens is 274 g/mol. The van der Waals surface area contributed by atoms with Gasteiger partial charge in [0.05, 0.1) is 0 Å². The predicted molar refractivity (Wildman–Crippen MR) is 83.1 cm³/mol. The Kier molecular flexibility index (Phi) is 4.48. The molecule has 0 aliphatic rings. The van der Waals surface area contributed by atoms with Crippen molar-refractivity contribution in [1.82, 2.24) is 0 Å². The van der Waals surface area contributed by atoms with Crippen LogP contribution in [0.2, 0.25) is 5.02 Å². The molecule has 104 valence electrons. The molecule has 0 aromatic heterocycles. The molecule has 0 radical (unpaired) electrons. The molecule has 2 aromatic carbocycles. The minimum Gasteiger partial charge on any atom is -0.378 e. The van der Waals surface area contributed by atoms with Gasteiger partial charge in [-0.05, 0) is 36.8 Å². The van der Waals surface area contributed by atoms with Gasteiger partial charge in [-0.25, -0.2) is 4.79 Å². The van der Waals surface area contributed by atoms with Crippen LogP contribution < -0.4 is 16.4 Å². The summed E-state index contributed by atoms with van der Waals surface area (Å²) in [7, 11) is 0. The van der Waals surface area contributed by atoms with Crippen LogP contribution >= 0.6 is 11.6 Å². The minimum absolute atomic E-state index is 0.0486. The van der Waals surface area contributed by atoms with E-state index in [9.17, 15) is 4.79 Å². The second-order valence-electron chi connectivity index (χ2n) is 4.46. The van der Waals surface area contributed by atoms with Gasteiger partial charge in [0.15, 0.2) is 0 Å². The van der Waals surface area contributed by atoms with Crippen LogP contribution in [0.1, 0.15) is 18.5 Å². The van der Waals surface area contributed by atoms with Gasteiger partial charge in [-0.2, -0.15) is 0 Å². The third kappa shape index (κ3) is 3.65. The van der Waals surface area contributed by atoms with Crippen LogP contribution in [0, 0.1) is 0 Å². The average molecular weight is 290 g/mol. The summed E-state index contributed by atoms with van der Waals surface area (Å²) in [5.41, 5.74) is 7.64. The van der Waals surface area contributed by atoms with Crippen LogP contribution in [0.15, 0.2) is 48.5 Å². The highest BCUT2D eigenvalue weighted by Gasteiger charge is 2.09. The van der Waals surface area contributed by atoms with Crippen molar-refractivity contribution in [3.63, 3.8) is 0 Å². The number of primary amides is 1. The fourth-order valence-corrected chi connectivity index (χ4v) is 2.28. The Balaban J connectivity index is 2.13. The molecular formula is C15H16ClN3O. The number of anilines is 2. The van der Waals surface area contributed by atoms with Gasteiger partial charge in [0.1, 0.15) is 0 Å². The molecule has 0 bridgehead atoms. The molecule has 4 N–H and O–H groups in total. The number of amides is 2. The van der Waals surface area contributed by atoms with E-state index < -0.39 is 6.03 Å².